The maximum atomic E-state index is 13.8. The zero-order valence-electron chi connectivity index (χ0n) is 27.6. The molecule has 46 heavy (non-hydrogen) atoms. The van der Waals surface area contributed by atoms with Gasteiger partial charge in [0.15, 0.2) is 0 Å². The van der Waals surface area contributed by atoms with Gasteiger partial charge in [0.05, 0.1) is 19.6 Å². The molecule has 1 unspecified atom stereocenters. The summed E-state index contributed by atoms with van der Waals surface area (Å²) in [4.78, 5) is 27.2. The molecule has 4 rings (SSSR count). The van der Waals surface area contributed by atoms with E-state index in [2.05, 4.69) is 25.2 Å². The van der Waals surface area contributed by atoms with Crippen molar-refractivity contribution in [1.29, 1.82) is 0 Å². The summed E-state index contributed by atoms with van der Waals surface area (Å²) in [5.41, 5.74) is 5.37. The number of hydrogen-bond acceptors (Lipinski definition) is 6. The van der Waals surface area contributed by atoms with Crippen LogP contribution < -0.4 is 10.1 Å². The third-order valence-electron chi connectivity index (χ3n) is 8.35. The van der Waals surface area contributed by atoms with Crippen molar-refractivity contribution in [2.24, 2.45) is 0 Å². The Balaban J connectivity index is 1.65. The summed E-state index contributed by atoms with van der Waals surface area (Å²) >= 11 is 0. The minimum Gasteiger partial charge on any atom is -0.497 e. The van der Waals surface area contributed by atoms with Gasteiger partial charge in [-0.05, 0) is 85.4 Å². The summed E-state index contributed by atoms with van der Waals surface area (Å²) in [6, 6.07) is 21.9. The summed E-state index contributed by atoms with van der Waals surface area (Å²) in [6.07, 6.45) is 7.83. The van der Waals surface area contributed by atoms with Crippen LogP contribution in [-0.2, 0) is 35.2 Å². The van der Waals surface area contributed by atoms with Crippen LogP contribution in [-0.4, -0.2) is 43.9 Å². The van der Waals surface area contributed by atoms with E-state index in [1.165, 1.54) is 0 Å². The van der Waals surface area contributed by atoms with Crippen molar-refractivity contribution in [2.75, 3.05) is 26.9 Å². The summed E-state index contributed by atoms with van der Waals surface area (Å²) in [5.74, 6) is 0.628. The number of esters is 1. The molecule has 2 N–H and O–H groups in total. The minimum absolute atomic E-state index is 0.0228. The number of rotatable bonds is 19. The first-order chi connectivity index (χ1) is 22.5. The fourth-order valence-corrected chi connectivity index (χ4v) is 5.80. The first kappa shape index (κ1) is 34.8. The number of aliphatic hydroxyl groups excluding tert-OH is 1. The van der Waals surface area contributed by atoms with E-state index >= 15 is 0 Å². The van der Waals surface area contributed by atoms with E-state index < -0.39 is 5.92 Å². The third-order valence-corrected chi connectivity index (χ3v) is 8.35. The number of methoxy groups -OCH3 is 1. The fourth-order valence-electron chi connectivity index (χ4n) is 5.80. The summed E-state index contributed by atoms with van der Waals surface area (Å²) < 4.78 is 17.6. The van der Waals surface area contributed by atoms with E-state index in [0.717, 1.165) is 77.5 Å². The number of hydrogen-bond donors (Lipinski definition) is 2. The van der Waals surface area contributed by atoms with Crippen LogP contribution in [0.1, 0.15) is 96.7 Å². The van der Waals surface area contributed by atoms with Crippen molar-refractivity contribution in [3.05, 3.63) is 100 Å². The molecule has 1 amide bonds. The lowest BCUT2D eigenvalue weighted by Crippen LogP contribution is -2.31. The predicted octanol–water partition coefficient (Wildman–Crippen LogP) is 7.74. The number of amides is 1. The molecule has 0 saturated heterocycles. The Morgan fingerprint density at radius 1 is 0.870 bits per heavy atom. The van der Waals surface area contributed by atoms with Crippen LogP contribution in [0.15, 0.2) is 71.1 Å². The number of unbranched alkanes of at least 4 members (excludes halogenated alkanes) is 2. The van der Waals surface area contributed by atoms with Crippen LogP contribution in [0.25, 0.3) is 11.0 Å². The third kappa shape index (κ3) is 9.46. The first-order valence-corrected chi connectivity index (χ1v) is 16.8. The van der Waals surface area contributed by atoms with Crippen molar-refractivity contribution >= 4 is 22.8 Å². The topological polar surface area (TPSA) is 98.0 Å². The number of aliphatic hydroxyl groups is 1. The second-order valence-electron chi connectivity index (χ2n) is 11.9. The first-order valence-electron chi connectivity index (χ1n) is 16.8. The van der Waals surface area contributed by atoms with Gasteiger partial charge in [-0.1, -0.05) is 75.2 Å². The van der Waals surface area contributed by atoms with Crippen LogP contribution >= 0.6 is 0 Å². The molecular weight excluding hydrogens is 578 g/mol. The smallest absolute Gasteiger partial charge is 0.342 e. The number of furan rings is 1. The van der Waals surface area contributed by atoms with Gasteiger partial charge in [0, 0.05) is 25.0 Å². The van der Waals surface area contributed by atoms with Crippen LogP contribution in [0.3, 0.4) is 0 Å². The van der Waals surface area contributed by atoms with Crippen molar-refractivity contribution in [1.82, 2.24) is 5.32 Å². The molecule has 246 valence electrons. The molecule has 1 aromatic heterocycles. The fraction of sp³-hybridized carbons (Fsp3) is 0.436. The average Bonchev–Trinajstić information content (AvgIpc) is 3.46. The highest BCUT2D eigenvalue weighted by atomic mass is 16.5. The Labute approximate surface area is 273 Å². The van der Waals surface area contributed by atoms with Crippen LogP contribution in [0.5, 0.6) is 5.75 Å². The highest BCUT2D eigenvalue weighted by molar-refractivity contribution is 6.05. The molecule has 3 aromatic carbocycles. The zero-order chi connectivity index (χ0) is 32.7. The molecule has 0 aliphatic heterocycles. The molecule has 0 spiro atoms. The Morgan fingerprint density at radius 2 is 1.61 bits per heavy atom. The molecule has 4 aromatic rings. The Morgan fingerprint density at radius 3 is 2.30 bits per heavy atom. The normalized spacial score (nSPS) is 11.8. The number of benzene rings is 3. The van der Waals surface area contributed by atoms with E-state index in [-0.39, 0.29) is 18.5 Å². The van der Waals surface area contributed by atoms with Gasteiger partial charge in [-0.2, -0.15) is 0 Å². The van der Waals surface area contributed by atoms with Gasteiger partial charge in [0.1, 0.15) is 22.7 Å². The summed E-state index contributed by atoms with van der Waals surface area (Å²) in [7, 11) is 1.65. The number of carbonyl (C=O) groups is 2. The minimum atomic E-state index is -0.420. The molecule has 7 nitrogen and oxygen atoms in total. The van der Waals surface area contributed by atoms with Crippen molar-refractivity contribution in [2.45, 2.75) is 84.0 Å². The van der Waals surface area contributed by atoms with E-state index in [1.54, 1.807) is 7.11 Å². The lowest BCUT2D eigenvalue weighted by molar-refractivity contribution is -0.122. The van der Waals surface area contributed by atoms with Crippen molar-refractivity contribution in [3.63, 3.8) is 0 Å². The highest BCUT2D eigenvalue weighted by Crippen LogP contribution is 2.34. The number of carbonyl (C=O) groups excluding carboxylic acids is 2. The number of fused-ring (bicyclic) bond motifs is 1. The lowest BCUT2D eigenvalue weighted by Gasteiger charge is -2.18. The van der Waals surface area contributed by atoms with Crippen LogP contribution in [0, 0.1) is 0 Å². The van der Waals surface area contributed by atoms with Gasteiger partial charge < -0.3 is 24.3 Å². The Bertz CT molecular complexity index is 1530. The number of ether oxygens (including phenoxy) is 2. The molecule has 0 aliphatic rings. The van der Waals surface area contributed by atoms with E-state index in [0.29, 0.717) is 50.2 Å². The van der Waals surface area contributed by atoms with E-state index in [1.807, 2.05) is 60.7 Å². The van der Waals surface area contributed by atoms with Gasteiger partial charge in [-0.15, -0.1) is 0 Å². The molecule has 0 radical (unpaired) electrons. The second kappa shape index (κ2) is 18.1. The van der Waals surface area contributed by atoms with E-state index in [9.17, 15) is 14.7 Å². The maximum Gasteiger partial charge on any atom is 0.342 e. The van der Waals surface area contributed by atoms with Crippen LogP contribution in [0.2, 0.25) is 0 Å². The Hall–Kier alpha value is -4.10. The largest absolute Gasteiger partial charge is 0.497 e. The predicted molar refractivity (Wildman–Crippen MR) is 183 cm³/mol. The molecule has 0 aliphatic carbocycles. The molecule has 1 atom stereocenters. The molecule has 0 fully saturated rings. The SMILES string of the molecule is CCCCc1oc2c(CCCC)cc(CC(C(=O)NCCCO)c3ccccc3)cc2c1C(=O)OCCCc1ccc(OC)cc1. The molecule has 0 saturated carbocycles. The monoisotopic (exact) mass is 627 g/mol. The van der Waals surface area contributed by atoms with Gasteiger partial charge in [0.2, 0.25) is 5.91 Å². The highest BCUT2D eigenvalue weighted by Gasteiger charge is 2.26. The molecule has 1 heterocycles. The Kier molecular flexibility index (Phi) is 13.7. The molecular formula is C39H49NO6. The molecule has 0 bridgehead atoms. The standard InChI is InChI=1S/C39H49NO6/c1-4-6-14-31-25-29(26-33(30-15-9-8-10-16-30)38(42)40-22-12-23-41)27-34-36(35(17-7-5-2)46-37(31)34)39(43)45-24-11-13-28-18-20-32(44-3)21-19-28/h8-10,15-16,18-21,25,27,33,41H,4-7,11-14,17,22-24,26H2,1-3H3,(H,40,42). The number of aryl methyl sites for hydroxylation is 3. The average molecular weight is 628 g/mol. The zero-order valence-corrected chi connectivity index (χ0v) is 27.6. The summed E-state index contributed by atoms with van der Waals surface area (Å²) in [5, 5.41) is 13.0. The molecule has 7 heteroatoms. The van der Waals surface area contributed by atoms with Crippen LogP contribution in [0.4, 0.5) is 0 Å². The van der Waals surface area contributed by atoms with Gasteiger partial charge in [0.25, 0.3) is 0 Å². The second-order valence-corrected chi connectivity index (χ2v) is 11.9. The van der Waals surface area contributed by atoms with Gasteiger partial charge in [-0.3, -0.25) is 4.79 Å². The van der Waals surface area contributed by atoms with Gasteiger partial charge >= 0.3 is 5.97 Å². The lowest BCUT2D eigenvalue weighted by atomic mass is 9.89. The quantitative estimate of drug-likeness (QED) is 0.0815. The maximum absolute atomic E-state index is 13.8. The van der Waals surface area contributed by atoms with Crippen molar-refractivity contribution < 1.29 is 28.6 Å². The van der Waals surface area contributed by atoms with E-state index in [4.69, 9.17) is 13.9 Å². The number of nitrogens with one attached hydrogen (secondary N) is 1. The van der Waals surface area contributed by atoms with Gasteiger partial charge in [-0.25, -0.2) is 4.79 Å². The summed E-state index contributed by atoms with van der Waals surface area (Å²) in [6.45, 7) is 5.02. The van der Waals surface area contributed by atoms with Crippen molar-refractivity contribution in [3.8, 4) is 5.75 Å².